The zero-order chi connectivity index (χ0) is 23.2. The second-order valence-electron chi connectivity index (χ2n) is 9.21. The number of amides is 1. The molecule has 4 heterocycles. The summed E-state index contributed by atoms with van der Waals surface area (Å²) in [4.78, 5) is 44.2. The first-order valence-corrected chi connectivity index (χ1v) is 10.6. The molecule has 0 saturated carbocycles. The molecule has 10 nitrogen and oxygen atoms in total. The van der Waals surface area contributed by atoms with E-state index >= 15 is 0 Å². The second-order valence-corrected chi connectivity index (χ2v) is 9.21. The molecule has 0 unspecified atom stereocenters. The van der Waals surface area contributed by atoms with Crippen LogP contribution in [0.2, 0.25) is 0 Å². The Hall–Kier alpha value is -3.43. The van der Waals surface area contributed by atoms with Crippen molar-refractivity contribution in [2.45, 2.75) is 45.3 Å². The summed E-state index contributed by atoms with van der Waals surface area (Å²) < 4.78 is 9.98. The van der Waals surface area contributed by atoms with Crippen molar-refractivity contribution in [1.29, 1.82) is 0 Å². The summed E-state index contributed by atoms with van der Waals surface area (Å²) in [5.74, 6) is 0. The number of pyridine rings is 1. The summed E-state index contributed by atoms with van der Waals surface area (Å²) in [5, 5.41) is 4.18. The third-order valence-electron chi connectivity index (χ3n) is 5.66. The Balaban J connectivity index is 1.68. The highest BCUT2D eigenvalue weighted by Crippen LogP contribution is 2.27. The molecule has 1 aliphatic rings. The minimum absolute atomic E-state index is 0.227. The standard InChI is InChI=1S/C22H28N6O4/c1-22(2,3)32-21(31)27-8-6-16(7-9-27)28-18-17(26(5)19(29)20(28)30)10-14(11-23-18)15-12-24-25(4)13-15/h10-13,16H,6-9H2,1-5H3. The quantitative estimate of drug-likeness (QED) is 0.565. The van der Waals surface area contributed by atoms with Gasteiger partial charge in [0.05, 0.1) is 11.7 Å². The van der Waals surface area contributed by atoms with Gasteiger partial charge in [0.1, 0.15) is 5.60 Å². The number of carbonyl (C=O) groups is 1. The molecule has 0 spiro atoms. The lowest BCUT2D eigenvalue weighted by Gasteiger charge is -2.34. The van der Waals surface area contributed by atoms with Crippen LogP contribution in [0.4, 0.5) is 4.79 Å². The largest absolute Gasteiger partial charge is 0.444 e. The monoisotopic (exact) mass is 440 g/mol. The fourth-order valence-corrected chi connectivity index (χ4v) is 4.03. The van der Waals surface area contributed by atoms with E-state index < -0.39 is 16.7 Å². The summed E-state index contributed by atoms with van der Waals surface area (Å²) >= 11 is 0. The van der Waals surface area contributed by atoms with E-state index in [2.05, 4.69) is 10.1 Å². The van der Waals surface area contributed by atoms with Crippen molar-refractivity contribution in [2.75, 3.05) is 13.1 Å². The van der Waals surface area contributed by atoms with Gasteiger partial charge in [-0.1, -0.05) is 0 Å². The fourth-order valence-electron chi connectivity index (χ4n) is 4.03. The number of aryl methyl sites for hydroxylation is 2. The van der Waals surface area contributed by atoms with Crippen LogP contribution in [0.1, 0.15) is 39.7 Å². The van der Waals surface area contributed by atoms with Crippen molar-refractivity contribution in [3.8, 4) is 11.1 Å². The van der Waals surface area contributed by atoms with Crippen LogP contribution in [0.15, 0.2) is 34.2 Å². The lowest BCUT2D eigenvalue weighted by atomic mass is 10.0. The SMILES string of the molecule is Cn1cc(-c2cnc3c(c2)n(C)c(=O)c(=O)n3C2CCN(C(=O)OC(C)(C)C)CC2)cn1. The molecule has 0 aromatic carbocycles. The van der Waals surface area contributed by atoms with Crippen molar-refractivity contribution in [3.05, 3.63) is 45.4 Å². The average Bonchev–Trinajstić information content (AvgIpc) is 3.17. The summed E-state index contributed by atoms with van der Waals surface area (Å²) in [6.07, 6.45) is 5.99. The zero-order valence-electron chi connectivity index (χ0n) is 19.0. The Labute approximate surface area is 185 Å². The number of likely N-dealkylation sites (tertiary alicyclic amines) is 1. The first-order valence-electron chi connectivity index (χ1n) is 10.6. The molecular weight excluding hydrogens is 412 g/mol. The van der Waals surface area contributed by atoms with Crippen molar-refractivity contribution >= 4 is 17.3 Å². The van der Waals surface area contributed by atoms with Gasteiger partial charge in [-0.15, -0.1) is 0 Å². The molecule has 1 saturated heterocycles. The van der Waals surface area contributed by atoms with Gasteiger partial charge in [0.25, 0.3) is 0 Å². The van der Waals surface area contributed by atoms with Gasteiger partial charge in [0, 0.05) is 56.7 Å². The van der Waals surface area contributed by atoms with E-state index in [0.29, 0.717) is 37.1 Å². The number of aromatic nitrogens is 5. The molecule has 3 aromatic heterocycles. The van der Waals surface area contributed by atoms with Crippen molar-refractivity contribution < 1.29 is 9.53 Å². The van der Waals surface area contributed by atoms with Gasteiger partial charge in [-0.05, 0) is 39.7 Å². The number of fused-ring (bicyclic) bond motifs is 1. The number of piperidine rings is 1. The molecule has 0 radical (unpaired) electrons. The molecule has 1 fully saturated rings. The maximum absolute atomic E-state index is 12.9. The summed E-state index contributed by atoms with van der Waals surface area (Å²) in [7, 11) is 3.41. The number of hydrogen-bond donors (Lipinski definition) is 0. The van der Waals surface area contributed by atoms with Crippen molar-refractivity contribution in [3.63, 3.8) is 0 Å². The van der Waals surface area contributed by atoms with E-state index in [1.807, 2.05) is 40.1 Å². The Kier molecular flexibility index (Phi) is 5.39. The lowest BCUT2D eigenvalue weighted by molar-refractivity contribution is 0.0188. The van der Waals surface area contributed by atoms with Crippen LogP contribution in [0.3, 0.4) is 0 Å². The molecule has 0 aliphatic carbocycles. The maximum Gasteiger partial charge on any atom is 0.410 e. The molecule has 0 atom stereocenters. The highest BCUT2D eigenvalue weighted by atomic mass is 16.6. The number of rotatable bonds is 2. The van der Waals surface area contributed by atoms with Gasteiger partial charge < -0.3 is 14.2 Å². The molecule has 0 N–H and O–H groups in total. The summed E-state index contributed by atoms with van der Waals surface area (Å²) in [5.41, 5.74) is 0.951. The normalized spacial score (nSPS) is 15.3. The molecule has 10 heteroatoms. The molecule has 0 bridgehead atoms. The van der Waals surface area contributed by atoms with E-state index in [0.717, 1.165) is 11.1 Å². The summed E-state index contributed by atoms with van der Waals surface area (Å²) in [6, 6.07) is 1.63. The highest BCUT2D eigenvalue weighted by Gasteiger charge is 2.29. The Morgan fingerprint density at radius 3 is 2.34 bits per heavy atom. The lowest BCUT2D eigenvalue weighted by Crippen LogP contribution is -2.46. The van der Waals surface area contributed by atoms with Gasteiger partial charge in [-0.25, -0.2) is 9.78 Å². The van der Waals surface area contributed by atoms with Crippen LogP contribution < -0.4 is 11.1 Å². The smallest absolute Gasteiger partial charge is 0.410 e. The first-order chi connectivity index (χ1) is 15.0. The third kappa shape index (κ3) is 4.04. The van der Waals surface area contributed by atoms with Crippen LogP contribution in [-0.4, -0.2) is 53.6 Å². The van der Waals surface area contributed by atoms with Crippen LogP contribution in [0, 0.1) is 0 Å². The van der Waals surface area contributed by atoms with E-state index in [1.54, 1.807) is 29.0 Å². The van der Waals surface area contributed by atoms with E-state index in [1.165, 1.54) is 9.13 Å². The second kappa shape index (κ2) is 7.92. The van der Waals surface area contributed by atoms with Crippen LogP contribution in [-0.2, 0) is 18.8 Å². The number of nitrogens with zero attached hydrogens (tertiary/aromatic N) is 6. The minimum Gasteiger partial charge on any atom is -0.444 e. The Morgan fingerprint density at radius 1 is 1.06 bits per heavy atom. The molecule has 4 rings (SSSR count). The van der Waals surface area contributed by atoms with Crippen LogP contribution in [0.25, 0.3) is 22.3 Å². The maximum atomic E-state index is 12.9. The number of ether oxygens (including phenoxy) is 1. The molecule has 3 aromatic rings. The Bertz CT molecular complexity index is 1290. The first kappa shape index (κ1) is 21.8. The third-order valence-corrected chi connectivity index (χ3v) is 5.66. The van der Waals surface area contributed by atoms with Gasteiger partial charge in [-0.2, -0.15) is 5.10 Å². The highest BCUT2D eigenvalue weighted by molar-refractivity contribution is 5.78. The Morgan fingerprint density at radius 2 is 1.75 bits per heavy atom. The molecular formula is C22H28N6O4. The average molecular weight is 441 g/mol. The summed E-state index contributed by atoms with van der Waals surface area (Å²) in [6.45, 7) is 6.37. The van der Waals surface area contributed by atoms with Crippen molar-refractivity contribution in [1.82, 2.24) is 28.8 Å². The van der Waals surface area contributed by atoms with Gasteiger partial charge in [-0.3, -0.25) is 18.8 Å². The molecule has 1 aliphatic heterocycles. The van der Waals surface area contributed by atoms with Gasteiger partial charge in [0.15, 0.2) is 5.65 Å². The predicted octanol–water partition coefficient (Wildman–Crippen LogP) is 2.07. The molecule has 32 heavy (non-hydrogen) atoms. The van der Waals surface area contributed by atoms with E-state index in [-0.39, 0.29) is 12.1 Å². The van der Waals surface area contributed by atoms with Gasteiger partial charge >= 0.3 is 17.2 Å². The van der Waals surface area contributed by atoms with E-state index in [9.17, 15) is 14.4 Å². The van der Waals surface area contributed by atoms with E-state index in [4.69, 9.17) is 4.74 Å². The predicted molar refractivity (Wildman–Crippen MR) is 120 cm³/mol. The van der Waals surface area contributed by atoms with Crippen molar-refractivity contribution in [2.24, 2.45) is 14.1 Å². The molecule has 170 valence electrons. The zero-order valence-corrected chi connectivity index (χ0v) is 19.0. The van der Waals surface area contributed by atoms with Gasteiger partial charge in [0.2, 0.25) is 0 Å². The van der Waals surface area contributed by atoms with Crippen LogP contribution >= 0.6 is 0 Å². The topological polar surface area (TPSA) is 104 Å². The number of hydrogen-bond acceptors (Lipinski definition) is 6. The number of carbonyl (C=O) groups excluding carboxylic acids is 1. The van der Waals surface area contributed by atoms with Crippen LogP contribution in [0.5, 0.6) is 0 Å². The molecule has 1 amide bonds. The fraction of sp³-hybridized carbons (Fsp3) is 0.500. The minimum atomic E-state index is -0.600.